The van der Waals surface area contributed by atoms with Crippen LogP contribution in [0.1, 0.15) is 12.0 Å². The molecule has 4 heteroatoms. The molecule has 1 unspecified atom stereocenters. The second-order valence-corrected chi connectivity index (χ2v) is 2.75. The van der Waals surface area contributed by atoms with E-state index in [2.05, 4.69) is 4.98 Å². The fourth-order valence-electron chi connectivity index (χ4n) is 0.973. The Labute approximate surface area is 75.9 Å². The van der Waals surface area contributed by atoms with E-state index in [1.807, 2.05) is 6.07 Å². The molecule has 0 aliphatic rings. The summed E-state index contributed by atoms with van der Waals surface area (Å²) in [5.74, 6) is -1.18. The number of hydrogen-bond donors (Lipinski definition) is 2. The van der Waals surface area contributed by atoms with Gasteiger partial charge in [0.2, 0.25) is 0 Å². The van der Waals surface area contributed by atoms with E-state index in [-0.39, 0.29) is 6.42 Å². The predicted octanol–water partition coefficient (Wildman–Crippen LogP) is 0.460. The van der Waals surface area contributed by atoms with Crippen molar-refractivity contribution in [1.82, 2.24) is 4.98 Å². The van der Waals surface area contributed by atoms with Crippen LogP contribution in [0.4, 0.5) is 0 Å². The Morgan fingerprint density at radius 2 is 2.38 bits per heavy atom. The fourth-order valence-corrected chi connectivity index (χ4v) is 0.973. The number of carboxylic acids is 1. The Bertz CT molecular complexity index is 273. The molecule has 0 amide bonds. The lowest BCUT2D eigenvalue weighted by Gasteiger charge is -2.03. The molecule has 1 heterocycles. The summed E-state index contributed by atoms with van der Waals surface area (Å²) >= 11 is 0. The lowest BCUT2D eigenvalue weighted by Crippen LogP contribution is -2.19. The maximum Gasteiger partial charge on any atom is 0.332 e. The molecule has 0 bridgehead atoms. The Morgan fingerprint density at radius 1 is 1.62 bits per heavy atom. The molecule has 0 aliphatic carbocycles. The van der Waals surface area contributed by atoms with Crippen molar-refractivity contribution in [2.24, 2.45) is 0 Å². The molecule has 13 heavy (non-hydrogen) atoms. The quantitative estimate of drug-likeness (QED) is 0.707. The summed E-state index contributed by atoms with van der Waals surface area (Å²) < 4.78 is 0. The minimum Gasteiger partial charge on any atom is -0.479 e. The van der Waals surface area contributed by atoms with E-state index in [9.17, 15) is 4.79 Å². The second-order valence-electron chi connectivity index (χ2n) is 2.75. The molecule has 1 aromatic heterocycles. The van der Waals surface area contributed by atoms with Crippen LogP contribution >= 0.6 is 0 Å². The van der Waals surface area contributed by atoms with Crippen LogP contribution in [0, 0.1) is 0 Å². The fraction of sp³-hybridized carbons (Fsp3) is 0.333. The second kappa shape index (κ2) is 4.57. The third-order valence-corrected chi connectivity index (χ3v) is 1.71. The first-order chi connectivity index (χ1) is 6.20. The number of aryl methyl sites for hydroxylation is 1. The van der Waals surface area contributed by atoms with Crippen LogP contribution in [0.25, 0.3) is 0 Å². The molecule has 0 aliphatic heterocycles. The van der Waals surface area contributed by atoms with Crippen LogP contribution < -0.4 is 0 Å². The topological polar surface area (TPSA) is 70.4 Å². The minimum atomic E-state index is -1.28. The molecule has 0 fully saturated rings. The maximum atomic E-state index is 10.3. The number of hydrogen-bond acceptors (Lipinski definition) is 3. The Kier molecular flexibility index (Phi) is 3.40. The van der Waals surface area contributed by atoms with Crippen LogP contribution in [-0.2, 0) is 11.2 Å². The summed E-state index contributed by atoms with van der Waals surface area (Å²) in [6.45, 7) is 0. The van der Waals surface area contributed by atoms with Crippen molar-refractivity contribution in [2.45, 2.75) is 18.9 Å². The van der Waals surface area contributed by atoms with Crippen molar-refractivity contribution in [1.29, 1.82) is 0 Å². The van der Waals surface area contributed by atoms with Gasteiger partial charge in [0.05, 0.1) is 0 Å². The zero-order chi connectivity index (χ0) is 9.68. The molecule has 1 atom stereocenters. The molecule has 4 nitrogen and oxygen atoms in total. The van der Waals surface area contributed by atoms with Gasteiger partial charge in [-0.3, -0.25) is 4.98 Å². The van der Waals surface area contributed by atoms with Gasteiger partial charge in [0.25, 0.3) is 0 Å². The average molecular weight is 181 g/mol. The number of carbonyl (C=O) groups is 1. The number of aliphatic hydroxyl groups is 1. The molecular weight excluding hydrogens is 170 g/mol. The lowest BCUT2D eigenvalue weighted by molar-refractivity contribution is -0.146. The summed E-state index contributed by atoms with van der Waals surface area (Å²) in [6, 6.07) is 3.63. The molecule has 1 aromatic rings. The zero-order valence-corrected chi connectivity index (χ0v) is 7.05. The summed E-state index contributed by atoms with van der Waals surface area (Å²) in [5.41, 5.74) is 0.933. The van der Waals surface area contributed by atoms with Crippen LogP contribution in [0.5, 0.6) is 0 Å². The Balaban J connectivity index is 2.39. The number of pyridine rings is 1. The normalized spacial score (nSPS) is 12.4. The number of carboxylic acid groups (broad SMARTS) is 1. The highest BCUT2D eigenvalue weighted by Gasteiger charge is 2.12. The maximum absolute atomic E-state index is 10.3. The molecule has 0 saturated carbocycles. The van der Waals surface area contributed by atoms with Crippen LogP contribution in [0.3, 0.4) is 0 Å². The third kappa shape index (κ3) is 3.21. The number of aliphatic carboxylic acids is 1. The van der Waals surface area contributed by atoms with Crippen molar-refractivity contribution < 1.29 is 15.0 Å². The number of nitrogens with zero attached hydrogens (tertiary/aromatic N) is 1. The highest BCUT2D eigenvalue weighted by molar-refractivity contribution is 5.71. The summed E-state index contributed by atoms with van der Waals surface area (Å²) in [6.07, 6.45) is 2.79. The first-order valence-electron chi connectivity index (χ1n) is 4.00. The Morgan fingerprint density at radius 3 is 2.92 bits per heavy atom. The minimum absolute atomic E-state index is 0.223. The van der Waals surface area contributed by atoms with E-state index in [1.54, 1.807) is 18.5 Å². The van der Waals surface area contributed by atoms with Gasteiger partial charge >= 0.3 is 5.97 Å². The summed E-state index contributed by atoms with van der Waals surface area (Å²) in [7, 11) is 0. The first-order valence-corrected chi connectivity index (χ1v) is 4.00. The van der Waals surface area contributed by atoms with Gasteiger partial charge < -0.3 is 10.2 Å². The van der Waals surface area contributed by atoms with E-state index < -0.39 is 12.1 Å². The van der Waals surface area contributed by atoms with Gasteiger partial charge in [-0.1, -0.05) is 6.07 Å². The monoisotopic (exact) mass is 181 g/mol. The smallest absolute Gasteiger partial charge is 0.332 e. The standard InChI is InChI=1S/C9H11NO3/c11-8(9(12)13)4-3-7-2-1-5-10-6-7/h1-2,5-6,8,11H,3-4H2,(H,12,13). The van der Waals surface area contributed by atoms with Crippen molar-refractivity contribution in [3.05, 3.63) is 30.1 Å². The van der Waals surface area contributed by atoms with Gasteiger partial charge in [0, 0.05) is 12.4 Å². The Hall–Kier alpha value is -1.42. The molecular formula is C9H11NO3. The number of rotatable bonds is 4. The van der Waals surface area contributed by atoms with Gasteiger partial charge in [0.1, 0.15) is 0 Å². The molecule has 2 N–H and O–H groups in total. The van der Waals surface area contributed by atoms with Gasteiger partial charge in [-0.25, -0.2) is 4.79 Å². The van der Waals surface area contributed by atoms with Gasteiger partial charge in [0.15, 0.2) is 6.10 Å². The van der Waals surface area contributed by atoms with Crippen molar-refractivity contribution in [3.8, 4) is 0 Å². The van der Waals surface area contributed by atoms with E-state index >= 15 is 0 Å². The molecule has 70 valence electrons. The molecule has 0 spiro atoms. The lowest BCUT2D eigenvalue weighted by atomic mass is 10.1. The van der Waals surface area contributed by atoms with Gasteiger partial charge in [-0.05, 0) is 24.5 Å². The largest absolute Gasteiger partial charge is 0.479 e. The van der Waals surface area contributed by atoms with Crippen LogP contribution in [0.2, 0.25) is 0 Å². The highest BCUT2D eigenvalue weighted by atomic mass is 16.4. The molecule has 0 radical (unpaired) electrons. The zero-order valence-electron chi connectivity index (χ0n) is 7.05. The van der Waals surface area contributed by atoms with E-state index in [4.69, 9.17) is 10.2 Å². The number of aliphatic hydroxyl groups excluding tert-OH is 1. The molecule has 1 rings (SSSR count). The molecule has 0 saturated heterocycles. The van der Waals surface area contributed by atoms with Gasteiger partial charge in [-0.15, -0.1) is 0 Å². The third-order valence-electron chi connectivity index (χ3n) is 1.71. The summed E-state index contributed by atoms with van der Waals surface area (Å²) in [5, 5.41) is 17.4. The number of aromatic nitrogens is 1. The van der Waals surface area contributed by atoms with E-state index in [0.29, 0.717) is 6.42 Å². The van der Waals surface area contributed by atoms with Crippen molar-refractivity contribution in [3.63, 3.8) is 0 Å². The van der Waals surface area contributed by atoms with Gasteiger partial charge in [-0.2, -0.15) is 0 Å². The predicted molar refractivity (Wildman–Crippen MR) is 46.2 cm³/mol. The van der Waals surface area contributed by atoms with E-state index in [1.165, 1.54) is 0 Å². The van der Waals surface area contributed by atoms with Crippen molar-refractivity contribution >= 4 is 5.97 Å². The SMILES string of the molecule is O=C(O)C(O)CCc1cccnc1. The van der Waals surface area contributed by atoms with Crippen LogP contribution in [-0.4, -0.2) is 27.3 Å². The first kappa shape index (κ1) is 9.67. The van der Waals surface area contributed by atoms with Crippen molar-refractivity contribution in [2.75, 3.05) is 0 Å². The van der Waals surface area contributed by atoms with E-state index in [0.717, 1.165) is 5.56 Å². The average Bonchev–Trinajstić information content (AvgIpc) is 2.15. The van der Waals surface area contributed by atoms with Crippen LogP contribution in [0.15, 0.2) is 24.5 Å². The summed E-state index contributed by atoms with van der Waals surface area (Å²) in [4.78, 5) is 14.1. The highest BCUT2D eigenvalue weighted by Crippen LogP contribution is 2.03. The molecule has 0 aromatic carbocycles.